The Morgan fingerprint density at radius 3 is 2.67 bits per heavy atom. The molecular formula is C29H42O7. The van der Waals surface area contributed by atoms with Crippen LogP contribution in [0.2, 0.25) is 0 Å². The Labute approximate surface area is 214 Å². The molecule has 5 rings (SSSR count). The Hall–Kier alpha value is -1.67. The predicted molar refractivity (Wildman–Crippen MR) is 133 cm³/mol. The number of rotatable bonds is 8. The summed E-state index contributed by atoms with van der Waals surface area (Å²) in [5.74, 6) is 0.416. The second kappa shape index (κ2) is 10.2. The lowest BCUT2D eigenvalue weighted by Gasteiger charge is -2.60. The first-order valence-electron chi connectivity index (χ1n) is 13.7. The Bertz CT molecular complexity index is 919. The number of methoxy groups -OCH3 is 1. The third-order valence-corrected chi connectivity index (χ3v) is 9.22. The summed E-state index contributed by atoms with van der Waals surface area (Å²) in [6.07, 6.45) is 2.20. The molecule has 1 aliphatic carbocycles. The highest BCUT2D eigenvalue weighted by molar-refractivity contribution is 5.71. The van der Waals surface area contributed by atoms with Crippen molar-refractivity contribution >= 4 is 5.97 Å². The predicted octanol–water partition coefficient (Wildman–Crippen LogP) is 4.49. The average molecular weight is 503 g/mol. The topological polar surface area (TPSA) is 83.5 Å². The molecule has 7 heteroatoms. The van der Waals surface area contributed by atoms with E-state index >= 15 is 0 Å². The highest BCUT2D eigenvalue weighted by Crippen LogP contribution is 2.58. The number of ether oxygens (including phenoxy) is 5. The van der Waals surface area contributed by atoms with Crippen LogP contribution in [0.3, 0.4) is 0 Å². The third kappa shape index (κ3) is 4.68. The van der Waals surface area contributed by atoms with Gasteiger partial charge in [0.25, 0.3) is 0 Å². The van der Waals surface area contributed by atoms with E-state index in [4.69, 9.17) is 23.7 Å². The molecule has 0 aromatic heterocycles. The summed E-state index contributed by atoms with van der Waals surface area (Å²) in [7, 11) is 1.66. The maximum atomic E-state index is 12.8. The molecule has 1 saturated carbocycles. The minimum Gasteiger partial charge on any atom is -0.497 e. The van der Waals surface area contributed by atoms with Gasteiger partial charge in [-0.1, -0.05) is 46.2 Å². The van der Waals surface area contributed by atoms with E-state index in [-0.39, 0.29) is 54.1 Å². The van der Waals surface area contributed by atoms with E-state index in [1.165, 1.54) is 0 Å². The first-order chi connectivity index (χ1) is 17.2. The summed E-state index contributed by atoms with van der Waals surface area (Å²) in [6.45, 7) is 9.16. The monoisotopic (exact) mass is 502 g/mol. The van der Waals surface area contributed by atoms with Crippen LogP contribution in [-0.2, 0) is 30.3 Å². The van der Waals surface area contributed by atoms with Gasteiger partial charge >= 0.3 is 5.97 Å². The van der Waals surface area contributed by atoms with Crippen LogP contribution in [0.1, 0.15) is 65.4 Å². The second-order valence-electron chi connectivity index (χ2n) is 11.7. The molecule has 2 bridgehead atoms. The van der Waals surface area contributed by atoms with Crippen molar-refractivity contribution in [3.8, 4) is 5.75 Å². The first kappa shape index (κ1) is 26.0. The van der Waals surface area contributed by atoms with E-state index in [0.717, 1.165) is 24.2 Å². The summed E-state index contributed by atoms with van der Waals surface area (Å²) >= 11 is 0. The maximum absolute atomic E-state index is 12.8. The lowest BCUT2D eigenvalue weighted by molar-refractivity contribution is -0.366. The van der Waals surface area contributed by atoms with Gasteiger partial charge in [0.05, 0.1) is 50.7 Å². The van der Waals surface area contributed by atoms with Crippen molar-refractivity contribution in [3.05, 3.63) is 29.8 Å². The number of esters is 1. The fourth-order valence-corrected chi connectivity index (χ4v) is 7.30. The molecule has 0 unspecified atom stereocenters. The SMILES string of the molecule is CC[C@H](C)C[C@H](O)[C@@H]1C[C@@H]2O[C@@]34C[C@H](C)[C@H](OCc5ccc(OC)cc5)[C@@H](CC(=O)O3)[C@H]4[C@H](C)[C@@H]2O1. The summed E-state index contributed by atoms with van der Waals surface area (Å²) in [4.78, 5) is 12.8. The molecule has 0 spiro atoms. The normalized spacial score (nSPS) is 41.1. The van der Waals surface area contributed by atoms with Crippen LogP contribution in [0.15, 0.2) is 24.3 Å². The second-order valence-corrected chi connectivity index (χ2v) is 11.7. The van der Waals surface area contributed by atoms with E-state index in [2.05, 4.69) is 27.7 Å². The minimum atomic E-state index is -0.931. The van der Waals surface area contributed by atoms with Crippen LogP contribution in [0, 0.1) is 29.6 Å². The third-order valence-electron chi connectivity index (χ3n) is 9.22. The molecule has 3 aliphatic heterocycles. The van der Waals surface area contributed by atoms with Gasteiger partial charge in [0.2, 0.25) is 5.79 Å². The van der Waals surface area contributed by atoms with Gasteiger partial charge in [-0.15, -0.1) is 0 Å². The van der Waals surface area contributed by atoms with Gasteiger partial charge in [-0.05, 0) is 41.9 Å². The average Bonchev–Trinajstić information content (AvgIpc) is 3.27. The van der Waals surface area contributed by atoms with E-state index in [0.29, 0.717) is 31.8 Å². The van der Waals surface area contributed by atoms with Crippen LogP contribution in [0.25, 0.3) is 0 Å². The Balaban J connectivity index is 1.33. The molecule has 7 nitrogen and oxygen atoms in total. The molecule has 200 valence electrons. The van der Waals surface area contributed by atoms with Gasteiger partial charge in [-0.3, -0.25) is 4.79 Å². The summed E-state index contributed by atoms with van der Waals surface area (Å²) < 4.78 is 31.0. The van der Waals surface area contributed by atoms with Gasteiger partial charge in [0.1, 0.15) is 5.75 Å². The van der Waals surface area contributed by atoms with Crippen LogP contribution in [0.5, 0.6) is 5.75 Å². The first-order valence-corrected chi connectivity index (χ1v) is 13.7. The zero-order valence-electron chi connectivity index (χ0n) is 22.2. The lowest BCUT2D eigenvalue weighted by Crippen LogP contribution is -2.68. The number of hydrogen-bond acceptors (Lipinski definition) is 7. The van der Waals surface area contributed by atoms with Crippen LogP contribution in [-0.4, -0.2) is 54.5 Å². The molecule has 4 aliphatic rings. The maximum Gasteiger partial charge on any atom is 0.308 e. The molecule has 11 atom stereocenters. The number of carbonyl (C=O) groups is 1. The Morgan fingerprint density at radius 2 is 1.97 bits per heavy atom. The summed E-state index contributed by atoms with van der Waals surface area (Å²) in [5.41, 5.74) is 1.07. The molecule has 0 amide bonds. The van der Waals surface area contributed by atoms with Crippen molar-refractivity contribution in [2.24, 2.45) is 29.6 Å². The molecule has 3 heterocycles. The Morgan fingerprint density at radius 1 is 1.22 bits per heavy atom. The fraction of sp³-hybridized carbons (Fsp3) is 0.759. The van der Waals surface area contributed by atoms with Crippen LogP contribution < -0.4 is 4.74 Å². The molecule has 1 N–H and O–H groups in total. The van der Waals surface area contributed by atoms with E-state index in [9.17, 15) is 9.90 Å². The van der Waals surface area contributed by atoms with Crippen molar-refractivity contribution < 1.29 is 33.6 Å². The number of carbonyl (C=O) groups excluding carboxylic acids is 1. The van der Waals surface area contributed by atoms with Crippen molar-refractivity contribution in [1.82, 2.24) is 0 Å². The number of hydrogen-bond donors (Lipinski definition) is 1. The van der Waals surface area contributed by atoms with E-state index in [1.54, 1.807) is 7.11 Å². The van der Waals surface area contributed by atoms with E-state index < -0.39 is 11.9 Å². The smallest absolute Gasteiger partial charge is 0.308 e. The van der Waals surface area contributed by atoms with Gasteiger partial charge in [0, 0.05) is 24.7 Å². The number of aliphatic hydroxyl groups excluding tert-OH is 1. The van der Waals surface area contributed by atoms with Gasteiger partial charge in [0.15, 0.2) is 0 Å². The largest absolute Gasteiger partial charge is 0.497 e. The minimum absolute atomic E-state index is 0.000948. The lowest BCUT2D eigenvalue weighted by atomic mass is 9.59. The zero-order chi connectivity index (χ0) is 25.6. The molecular weight excluding hydrogens is 460 g/mol. The van der Waals surface area contributed by atoms with Crippen molar-refractivity contribution in [2.45, 2.75) is 103 Å². The standard InChI is InChI=1S/C29H42O7/c1-6-16(2)11-22(30)23-13-24-28(34-23)18(4)26-21-12-25(31)36-29(26,35-24)14-17(3)27(21)33-15-19-7-9-20(32-5)10-8-19/h7-10,16-18,21-24,26-28,30H,6,11-15H2,1-5H3/t16-,17-,18-,21-,22-,23-,24-,26+,27-,28-,29-/m0/s1. The van der Waals surface area contributed by atoms with Gasteiger partial charge in [-0.2, -0.15) is 0 Å². The molecule has 36 heavy (non-hydrogen) atoms. The molecule has 0 radical (unpaired) electrons. The highest BCUT2D eigenvalue weighted by atomic mass is 16.7. The molecule has 3 saturated heterocycles. The number of fused-ring (bicyclic) bond motifs is 1. The van der Waals surface area contributed by atoms with E-state index in [1.807, 2.05) is 24.3 Å². The summed E-state index contributed by atoms with van der Waals surface area (Å²) in [6, 6.07) is 7.90. The molecule has 1 aromatic carbocycles. The van der Waals surface area contributed by atoms with Crippen LogP contribution >= 0.6 is 0 Å². The molecule has 4 fully saturated rings. The van der Waals surface area contributed by atoms with Crippen molar-refractivity contribution in [3.63, 3.8) is 0 Å². The Kier molecular flexibility index (Phi) is 7.38. The fourth-order valence-electron chi connectivity index (χ4n) is 7.30. The van der Waals surface area contributed by atoms with Crippen LogP contribution in [0.4, 0.5) is 0 Å². The van der Waals surface area contributed by atoms with Crippen molar-refractivity contribution in [1.29, 1.82) is 0 Å². The van der Waals surface area contributed by atoms with Gasteiger partial charge < -0.3 is 28.8 Å². The quantitative estimate of drug-likeness (QED) is 0.525. The van der Waals surface area contributed by atoms with Gasteiger partial charge in [-0.25, -0.2) is 0 Å². The number of aliphatic hydroxyl groups is 1. The number of benzene rings is 1. The van der Waals surface area contributed by atoms with Crippen molar-refractivity contribution in [2.75, 3.05) is 7.11 Å². The molecule has 1 aromatic rings. The summed E-state index contributed by atoms with van der Waals surface area (Å²) in [5, 5.41) is 10.9. The zero-order valence-corrected chi connectivity index (χ0v) is 22.2. The highest BCUT2D eigenvalue weighted by Gasteiger charge is 2.67.